The fourth-order valence-electron chi connectivity index (χ4n) is 3.26. The van der Waals surface area contributed by atoms with Crippen molar-refractivity contribution in [2.24, 2.45) is 0 Å². The molecule has 4 aromatic rings. The first-order valence-electron chi connectivity index (χ1n) is 10.2. The van der Waals surface area contributed by atoms with E-state index in [1.165, 1.54) is 24.7 Å². The van der Waals surface area contributed by atoms with Crippen LogP contribution in [0.3, 0.4) is 0 Å². The molecule has 0 atom stereocenters. The smallest absolute Gasteiger partial charge is 0.443 e. The Kier molecular flexibility index (Phi) is 6.50. The predicted octanol–water partition coefficient (Wildman–Crippen LogP) is 6.15. The zero-order valence-corrected chi connectivity index (χ0v) is 17.8. The number of carbonyl (C=O) groups excluding carboxylic acids is 1. The van der Waals surface area contributed by atoms with E-state index in [1.54, 1.807) is 11.5 Å². The number of hydrogen-bond donors (Lipinski definition) is 2. The second-order valence-corrected chi connectivity index (χ2v) is 7.39. The number of pyridine rings is 1. The molecule has 0 spiro atoms. The second-order valence-electron chi connectivity index (χ2n) is 7.39. The molecule has 0 aliphatic rings. The van der Waals surface area contributed by atoms with Crippen molar-refractivity contribution in [2.75, 3.05) is 10.6 Å². The van der Waals surface area contributed by atoms with Crippen molar-refractivity contribution in [2.45, 2.75) is 18.6 Å². The SMILES string of the molecule is O=C(Nc1cccnc1NCc1ccc(-c2ccccc2-c2cnco2)cc1)C(F)(F)C(F)(F)F. The molecule has 0 aliphatic carbocycles. The molecule has 0 aliphatic heterocycles. The number of oxazole rings is 1. The molecule has 0 radical (unpaired) electrons. The highest BCUT2D eigenvalue weighted by atomic mass is 19.4. The summed E-state index contributed by atoms with van der Waals surface area (Å²) in [5, 5.41) is 4.44. The van der Waals surface area contributed by atoms with Crippen LogP contribution in [0.1, 0.15) is 5.56 Å². The summed E-state index contributed by atoms with van der Waals surface area (Å²) in [6.07, 6.45) is -1.74. The summed E-state index contributed by atoms with van der Waals surface area (Å²) in [6, 6.07) is 17.5. The van der Waals surface area contributed by atoms with E-state index >= 15 is 0 Å². The maximum atomic E-state index is 13.3. The van der Waals surface area contributed by atoms with Crippen molar-refractivity contribution < 1.29 is 31.2 Å². The van der Waals surface area contributed by atoms with Crippen molar-refractivity contribution in [3.63, 3.8) is 0 Å². The summed E-state index contributed by atoms with van der Waals surface area (Å²) < 4.78 is 69.4. The number of halogens is 5. The summed E-state index contributed by atoms with van der Waals surface area (Å²) in [6.45, 7) is 0.166. The number of rotatable bonds is 7. The van der Waals surface area contributed by atoms with Gasteiger partial charge in [0.2, 0.25) is 0 Å². The lowest BCUT2D eigenvalue weighted by Crippen LogP contribution is -2.47. The van der Waals surface area contributed by atoms with Crippen LogP contribution in [0.5, 0.6) is 0 Å². The van der Waals surface area contributed by atoms with Gasteiger partial charge in [-0.1, -0.05) is 48.5 Å². The van der Waals surface area contributed by atoms with Gasteiger partial charge in [-0.05, 0) is 28.8 Å². The van der Waals surface area contributed by atoms with E-state index in [0.717, 1.165) is 22.3 Å². The van der Waals surface area contributed by atoms with Gasteiger partial charge in [0, 0.05) is 18.3 Å². The molecule has 2 aromatic carbocycles. The topological polar surface area (TPSA) is 80.0 Å². The molecule has 2 aromatic heterocycles. The van der Waals surface area contributed by atoms with Gasteiger partial charge in [0.05, 0.1) is 11.9 Å². The van der Waals surface area contributed by atoms with Gasteiger partial charge < -0.3 is 15.1 Å². The monoisotopic (exact) mass is 488 g/mol. The molecule has 35 heavy (non-hydrogen) atoms. The van der Waals surface area contributed by atoms with Crippen LogP contribution in [0, 0.1) is 0 Å². The van der Waals surface area contributed by atoms with Crippen LogP contribution in [-0.2, 0) is 11.3 Å². The first-order chi connectivity index (χ1) is 16.7. The summed E-state index contributed by atoms with van der Waals surface area (Å²) in [5.41, 5.74) is 3.15. The molecule has 0 fully saturated rings. The van der Waals surface area contributed by atoms with Gasteiger partial charge in [-0.2, -0.15) is 22.0 Å². The number of hydrogen-bond acceptors (Lipinski definition) is 5. The van der Waals surface area contributed by atoms with Gasteiger partial charge in [-0.15, -0.1) is 0 Å². The normalized spacial score (nSPS) is 11.8. The van der Waals surface area contributed by atoms with Crippen LogP contribution in [0.15, 0.2) is 83.9 Å². The largest absolute Gasteiger partial charge is 0.463 e. The number of alkyl halides is 5. The van der Waals surface area contributed by atoms with E-state index in [4.69, 9.17) is 4.42 Å². The quantitative estimate of drug-likeness (QED) is 0.305. The highest BCUT2D eigenvalue weighted by Gasteiger charge is 2.63. The number of anilines is 2. The Bertz CT molecular complexity index is 1310. The first-order valence-corrected chi connectivity index (χ1v) is 10.2. The molecular weight excluding hydrogens is 471 g/mol. The maximum Gasteiger partial charge on any atom is 0.463 e. The molecule has 0 bridgehead atoms. The first kappa shape index (κ1) is 23.9. The molecule has 4 rings (SSSR count). The molecule has 2 heterocycles. The van der Waals surface area contributed by atoms with E-state index in [0.29, 0.717) is 5.76 Å². The van der Waals surface area contributed by atoms with Gasteiger partial charge in [0.15, 0.2) is 12.2 Å². The molecule has 0 saturated carbocycles. The van der Waals surface area contributed by atoms with Crippen molar-refractivity contribution in [3.8, 4) is 22.5 Å². The minimum Gasteiger partial charge on any atom is -0.443 e. The number of benzene rings is 2. The van der Waals surface area contributed by atoms with Gasteiger partial charge in [-0.3, -0.25) is 4.79 Å². The van der Waals surface area contributed by atoms with Gasteiger partial charge in [0.25, 0.3) is 0 Å². The molecule has 0 unspecified atom stereocenters. The molecule has 2 N–H and O–H groups in total. The van der Waals surface area contributed by atoms with Gasteiger partial charge >= 0.3 is 18.0 Å². The van der Waals surface area contributed by atoms with Crippen LogP contribution in [0.2, 0.25) is 0 Å². The van der Waals surface area contributed by atoms with Crippen molar-refractivity contribution >= 4 is 17.4 Å². The van der Waals surface area contributed by atoms with Crippen molar-refractivity contribution in [1.82, 2.24) is 9.97 Å². The summed E-state index contributed by atoms with van der Waals surface area (Å²) in [4.78, 5) is 19.4. The number of aromatic nitrogens is 2. The van der Waals surface area contributed by atoms with E-state index in [1.807, 2.05) is 48.5 Å². The number of nitrogens with one attached hydrogen (secondary N) is 2. The zero-order chi connectivity index (χ0) is 25.1. The highest BCUT2D eigenvalue weighted by Crippen LogP contribution is 2.37. The van der Waals surface area contributed by atoms with Crippen molar-refractivity contribution in [3.05, 3.63) is 85.0 Å². The second kappa shape index (κ2) is 9.53. The van der Waals surface area contributed by atoms with Crippen LogP contribution in [-0.4, -0.2) is 28.0 Å². The number of amides is 1. The molecule has 0 saturated heterocycles. The average molecular weight is 488 g/mol. The van der Waals surface area contributed by atoms with E-state index in [9.17, 15) is 26.7 Å². The fourth-order valence-corrected chi connectivity index (χ4v) is 3.26. The van der Waals surface area contributed by atoms with Crippen molar-refractivity contribution in [1.29, 1.82) is 0 Å². The summed E-state index contributed by atoms with van der Waals surface area (Å²) >= 11 is 0. The molecule has 1 amide bonds. The highest BCUT2D eigenvalue weighted by molar-refractivity contribution is 5.98. The Balaban J connectivity index is 1.47. The third kappa shape index (κ3) is 5.13. The van der Waals surface area contributed by atoms with Crippen LogP contribution in [0.25, 0.3) is 22.5 Å². The van der Waals surface area contributed by atoms with E-state index in [-0.39, 0.29) is 18.1 Å². The standard InChI is InChI=1S/C24H17F5N4O2/c25-23(26,24(27,28)29)22(34)33-19-6-3-11-31-21(19)32-12-15-7-9-16(10-8-15)17-4-1-2-5-18(17)20-13-30-14-35-20/h1-11,13-14H,12H2,(H,31,32)(H,33,34). The van der Waals surface area contributed by atoms with Crippen LogP contribution >= 0.6 is 0 Å². The number of nitrogens with zero attached hydrogens (tertiary/aromatic N) is 2. The summed E-state index contributed by atoms with van der Waals surface area (Å²) in [5.74, 6) is -7.47. The predicted molar refractivity (Wildman–Crippen MR) is 119 cm³/mol. The minimum atomic E-state index is -6.01. The fraction of sp³-hybridized carbons (Fsp3) is 0.125. The average Bonchev–Trinajstić information content (AvgIpc) is 3.38. The third-order valence-corrected chi connectivity index (χ3v) is 5.05. The Morgan fingerprint density at radius 2 is 1.63 bits per heavy atom. The lowest BCUT2D eigenvalue weighted by atomic mass is 9.97. The van der Waals surface area contributed by atoms with Crippen LogP contribution in [0.4, 0.5) is 33.5 Å². The molecule has 180 valence electrons. The van der Waals surface area contributed by atoms with Gasteiger partial charge in [0.1, 0.15) is 5.82 Å². The Morgan fingerprint density at radius 3 is 2.29 bits per heavy atom. The van der Waals surface area contributed by atoms with E-state index < -0.39 is 18.0 Å². The Labute approximate surface area is 195 Å². The van der Waals surface area contributed by atoms with Gasteiger partial charge in [-0.25, -0.2) is 9.97 Å². The molecule has 11 heteroatoms. The maximum absolute atomic E-state index is 13.3. The number of carbonyl (C=O) groups is 1. The Hall–Kier alpha value is -4.28. The summed E-state index contributed by atoms with van der Waals surface area (Å²) in [7, 11) is 0. The third-order valence-electron chi connectivity index (χ3n) is 5.05. The lowest BCUT2D eigenvalue weighted by molar-refractivity contribution is -0.267. The molecular formula is C24H17F5N4O2. The minimum absolute atomic E-state index is 0.0569. The molecule has 6 nitrogen and oxygen atoms in total. The Morgan fingerprint density at radius 1 is 0.914 bits per heavy atom. The zero-order valence-electron chi connectivity index (χ0n) is 17.8. The van der Waals surface area contributed by atoms with Crippen LogP contribution < -0.4 is 10.6 Å². The lowest BCUT2D eigenvalue weighted by Gasteiger charge is -2.19. The van der Waals surface area contributed by atoms with E-state index in [2.05, 4.69) is 15.3 Å².